The number of anilines is 2. The van der Waals surface area contributed by atoms with Crippen LogP contribution in [0.4, 0.5) is 20.6 Å². The Balaban J connectivity index is 0.00000364. The number of carboxylic acids is 1. The molecule has 0 radical (unpaired) electrons. The van der Waals surface area contributed by atoms with E-state index in [2.05, 4.69) is 5.32 Å². The van der Waals surface area contributed by atoms with Crippen LogP contribution in [-0.2, 0) is 14.3 Å². The van der Waals surface area contributed by atoms with Crippen LogP contribution in [0.15, 0.2) is 18.2 Å². The quantitative estimate of drug-likeness (QED) is 0.431. The standard InChI is InChI=1S/C16H20FN3O6.Na/c1-10(22)18-7-12-8-20(16(25)26-12)11-2-3-14(13(17)6-11)19(4-5-21)9-15(23)24;/h2-3,6,12,21H,4-5,7-9H2,1H3,(H,18,22)(H,23,24);/q;+1/p-1/t12-;/m0./s1. The number of hydrogen-bond acceptors (Lipinski definition) is 7. The summed E-state index contributed by atoms with van der Waals surface area (Å²) < 4.78 is 19.5. The maximum Gasteiger partial charge on any atom is 1.00 e. The Hall–Kier alpha value is -1.88. The van der Waals surface area contributed by atoms with Gasteiger partial charge in [-0.05, 0) is 18.2 Å². The van der Waals surface area contributed by atoms with Gasteiger partial charge in [0.1, 0.15) is 11.9 Å². The van der Waals surface area contributed by atoms with E-state index in [1.165, 1.54) is 24.0 Å². The Morgan fingerprint density at radius 2 is 2.19 bits per heavy atom. The number of carbonyl (C=O) groups is 3. The van der Waals surface area contributed by atoms with Crippen LogP contribution in [0.1, 0.15) is 6.92 Å². The number of nitrogens with zero attached hydrogens (tertiary/aromatic N) is 2. The SMILES string of the molecule is CC(=O)NC[C@H]1CN(c2ccc(N(CCO)CC(=O)[O-])c(F)c2)C(=O)O1.[Na+]. The van der Waals surface area contributed by atoms with Crippen molar-refractivity contribution in [3.05, 3.63) is 24.0 Å². The molecule has 1 aliphatic rings. The summed E-state index contributed by atoms with van der Waals surface area (Å²) in [4.78, 5) is 36.0. The Morgan fingerprint density at radius 1 is 1.48 bits per heavy atom. The van der Waals surface area contributed by atoms with Gasteiger partial charge < -0.3 is 30.0 Å². The van der Waals surface area contributed by atoms with Crippen molar-refractivity contribution >= 4 is 29.3 Å². The number of carboxylic acid groups (broad SMARTS) is 1. The van der Waals surface area contributed by atoms with Crippen LogP contribution >= 0.6 is 0 Å². The summed E-state index contributed by atoms with van der Waals surface area (Å²) in [6.45, 7) is 0.590. The molecular weight excluding hydrogens is 372 g/mol. The van der Waals surface area contributed by atoms with Crippen molar-refractivity contribution in [1.82, 2.24) is 5.32 Å². The number of rotatable bonds is 8. The second-order valence-corrected chi connectivity index (χ2v) is 5.71. The molecule has 1 aromatic carbocycles. The third kappa shape index (κ3) is 6.35. The number of amides is 2. The molecule has 1 atom stereocenters. The number of carbonyl (C=O) groups excluding carboxylic acids is 3. The molecule has 1 heterocycles. The smallest absolute Gasteiger partial charge is 0.548 e. The predicted molar refractivity (Wildman–Crippen MR) is 87.0 cm³/mol. The molecule has 9 nitrogen and oxygen atoms in total. The fraction of sp³-hybridized carbons (Fsp3) is 0.438. The van der Waals surface area contributed by atoms with Gasteiger partial charge in [0, 0.05) is 13.5 Å². The number of nitrogens with one attached hydrogen (secondary N) is 1. The van der Waals surface area contributed by atoms with Gasteiger partial charge in [0.05, 0.1) is 43.6 Å². The van der Waals surface area contributed by atoms with Crippen LogP contribution in [0.2, 0.25) is 0 Å². The zero-order chi connectivity index (χ0) is 19.3. The fourth-order valence-electron chi connectivity index (χ4n) is 2.58. The van der Waals surface area contributed by atoms with Gasteiger partial charge in [-0.2, -0.15) is 0 Å². The summed E-state index contributed by atoms with van der Waals surface area (Å²) >= 11 is 0. The first-order valence-electron chi connectivity index (χ1n) is 7.89. The number of aliphatic hydroxyl groups is 1. The van der Waals surface area contributed by atoms with Gasteiger partial charge in [0.25, 0.3) is 0 Å². The number of aliphatic carboxylic acids is 1. The molecule has 0 unspecified atom stereocenters. The van der Waals surface area contributed by atoms with E-state index in [4.69, 9.17) is 9.84 Å². The van der Waals surface area contributed by atoms with Crippen LogP contribution in [0, 0.1) is 5.82 Å². The molecule has 2 N–H and O–H groups in total. The Morgan fingerprint density at radius 3 is 2.74 bits per heavy atom. The Labute approximate surface area is 177 Å². The van der Waals surface area contributed by atoms with Crippen LogP contribution in [0.3, 0.4) is 0 Å². The van der Waals surface area contributed by atoms with Crippen molar-refractivity contribution in [2.24, 2.45) is 0 Å². The molecule has 11 heteroatoms. The van der Waals surface area contributed by atoms with Crippen molar-refractivity contribution in [2.75, 3.05) is 42.6 Å². The van der Waals surface area contributed by atoms with E-state index in [1.807, 2.05) is 0 Å². The number of hydrogen-bond donors (Lipinski definition) is 2. The predicted octanol–water partition coefficient (Wildman–Crippen LogP) is -4.16. The van der Waals surface area contributed by atoms with Crippen LogP contribution in [0.25, 0.3) is 0 Å². The summed E-state index contributed by atoms with van der Waals surface area (Å²) in [7, 11) is 0. The summed E-state index contributed by atoms with van der Waals surface area (Å²) in [5, 5.41) is 22.3. The van der Waals surface area contributed by atoms with Crippen molar-refractivity contribution in [3.8, 4) is 0 Å². The zero-order valence-corrected chi connectivity index (χ0v) is 17.1. The molecule has 2 rings (SSSR count). The van der Waals surface area contributed by atoms with Gasteiger partial charge in [-0.15, -0.1) is 0 Å². The van der Waals surface area contributed by atoms with E-state index in [0.717, 1.165) is 11.0 Å². The number of aliphatic hydroxyl groups excluding tert-OH is 1. The molecule has 0 spiro atoms. The fourth-order valence-corrected chi connectivity index (χ4v) is 2.58. The van der Waals surface area contributed by atoms with Gasteiger partial charge in [0.15, 0.2) is 0 Å². The first kappa shape index (κ1) is 23.2. The number of benzene rings is 1. The zero-order valence-electron chi connectivity index (χ0n) is 15.1. The number of cyclic esters (lactones) is 1. The van der Waals surface area contributed by atoms with E-state index in [9.17, 15) is 23.9 Å². The Bertz CT molecular complexity index is 705. The normalized spacial score (nSPS) is 15.7. The van der Waals surface area contributed by atoms with Crippen LogP contribution < -0.4 is 49.8 Å². The average molecular weight is 391 g/mol. The van der Waals surface area contributed by atoms with Gasteiger partial charge in [-0.25, -0.2) is 9.18 Å². The summed E-state index contributed by atoms with van der Waals surface area (Å²) in [6, 6.07) is 3.84. The van der Waals surface area contributed by atoms with Crippen molar-refractivity contribution in [3.63, 3.8) is 0 Å². The van der Waals surface area contributed by atoms with Crippen molar-refractivity contribution < 1.29 is 63.3 Å². The van der Waals surface area contributed by atoms with Crippen molar-refractivity contribution in [2.45, 2.75) is 13.0 Å². The van der Waals surface area contributed by atoms with Crippen molar-refractivity contribution in [1.29, 1.82) is 0 Å². The summed E-state index contributed by atoms with van der Waals surface area (Å²) in [6.07, 6.45) is -1.23. The maximum absolute atomic E-state index is 14.4. The molecule has 0 bridgehead atoms. The van der Waals surface area contributed by atoms with Crippen LogP contribution in [-0.4, -0.2) is 62.0 Å². The molecule has 0 aliphatic carbocycles. The third-order valence-corrected chi connectivity index (χ3v) is 3.73. The topological polar surface area (TPSA) is 122 Å². The van der Waals surface area contributed by atoms with E-state index >= 15 is 0 Å². The van der Waals surface area contributed by atoms with Gasteiger partial charge in [-0.1, -0.05) is 0 Å². The molecule has 27 heavy (non-hydrogen) atoms. The molecule has 1 saturated heterocycles. The molecule has 142 valence electrons. The largest absolute Gasteiger partial charge is 1.00 e. The van der Waals surface area contributed by atoms with Gasteiger partial charge in [0.2, 0.25) is 5.91 Å². The molecule has 2 amide bonds. The molecule has 0 aromatic heterocycles. The number of halogens is 1. The van der Waals surface area contributed by atoms with E-state index in [1.54, 1.807) is 0 Å². The minimum atomic E-state index is -1.41. The first-order valence-corrected chi connectivity index (χ1v) is 7.89. The van der Waals surface area contributed by atoms with E-state index in [-0.39, 0.29) is 73.1 Å². The number of ether oxygens (including phenoxy) is 1. The molecule has 1 aromatic rings. The summed E-state index contributed by atoms with van der Waals surface area (Å²) in [5.74, 6) is -2.42. The molecule has 1 aliphatic heterocycles. The minimum absolute atomic E-state index is 0. The van der Waals surface area contributed by atoms with E-state index in [0.29, 0.717) is 0 Å². The monoisotopic (exact) mass is 391 g/mol. The summed E-state index contributed by atoms with van der Waals surface area (Å²) in [5.41, 5.74) is 0.202. The minimum Gasteiger partial charge on any atom is -0.548 e. The molecular formula is C16H19FN3NaO6. The second-order valence-electron chi connectivity index (χ2n) is 5.71. The molecule has 0 saturated carbocycles. The van der Waals surface area contributed by atoms with Gasteiger partial charge >= 0.3 is 35.7 Å². The van der Waals surface area contributed by atoms with Gasteiger partial charge in [-0.3, -0.25) is 9.69 Å². The average Bonchev–Trinajstić information content (AvgIpc) is 2.93. The Kier molecular flexibility index (Phi) is 8.97. The maximum atomic E-state index is 14.4. The third-order valence-electron chi connectivity index (χ3n) is 3.73. The second kappa shape index (κ2) is 10.5. The van der Waals surface area contributed by atoms with Crippen LogP contribution in [0.5, 0.6) is 0 Å². The first-order chi connectivity index (χ1) is 12.3. The van der Waals surface area contributed by atoms with E-state index < -0.39 is 30.5 Å². The molecule has 1 fully saturated rings.